The van der Waals surface area contributed by atoms with Crippen LogP contribution in [0.2, 0.25) is 4.34 Å². The molecule has 1 N–H and O–H groups in total. The van der Waals surface area contributed by atoms with E-state index >= 15 is 0 Å². The first-order valence-electron chi connectivity index (χ1n) is 5.37. The molecule has 1 atom stereocenters. The van der Waals surface area contributed by atoms with Crippen molar-refractivity contribution >= 4 is 38.9 Å². The fourth-order valence-electron chi connectivity index (χ4n) is 1.83. The zero-order valence-electron chi connectivity index (χ0n) is 9.72. The molecule has 0 radical (unpaired) electrons. The minimum Gasteiger partial charge on any atom is -0.345 e. The van der Waals surface area contributed by atoms with E-state index in [1.54, 1.807) is 18.0 Å². The average molecular weight is 309 g/mol. The lowest BCUT2D eigenvalue weighted by molar-refractivity contribution is -0.126. The molecule has 2 heterocycles. The average Bonchev–Trinajstić information content (AvgIpc) is 2.85. The number of nitrogens with one attached hydrogen (secondary N) is 1. The van der Waals surface area contributed by atoms with Crippen molar-refractivity contribution in [1.29, 1.82) is 0 Å². The van der Waals surface area contributed by atoms with Crippen molar-refractivity contribution in [3.63, 3.8) is 0 Å². The van der Waals surface area contributed by atoms with Gasteiger partial charge in [-0.05, 0) is 18.1 Å². The fraction of sp³-hybridized carbons (Fsp3) is 0.500. The van der Waals surface area contributed by atoms with Crippen LogP contribution in [0.25, 0.3) is 0 Å². The second-order valence-electron chi connectivity index (χ2n) is 4.25. The Balaban J connectivity index is 1.96. The van der Waals surface area contributed by atoms with Gasteiger partial charge in [0.15, 0.2) is 0 Å². The summed E-state index contributed by atoms with van der Waals surface area (Å²) >= 11 is 6.72. The van der Waals surface area contributed by atoms with Gasteiger partial charge in [-0.15, -0.1) is 11.3 Å². The van der Waals surface area contributed by atoms with Crippen LogP contribution in [0.1, 0.15) is 6.42 Å². The Morgan fingerprint density at radius 1 is 1.56 bits per heavy atom. The third-order valence-corrected chi connectivity index (χ3v) is 5.94. The van der Waals surface area contributed by atoms with Crippen LogP contribution >= 0.6 is 22.9 Å². The van der Waals surface area contributed by atoms with Gasteiger partial charge in [-0.3, -0.25) is 4.79 Å². The monoisotopic (exact) mass is 308 g/mol. The molecule has 1 aliphatic heterocycles. The molecular formula is C10H13ClN2O3S2. The van der Waals surface area contributed by atoms with Crippen LogP contribution in [-0.4, -0.2) is 39.4 Å². The molecule has 0 saturated carbocycles. The number of hydrogen-bond acceptors (Lipinski definition) is 4. The number of carbonyl (C=O) groups excluding carboxylic acids is 1. The van der Waals surface area contributed by atoms with Crippen molar-refractivity contribution < 1.29 is 13.2 Å². The van der Waals surface area contributed by atoms with Crippen LogP contribution in [0.5, 0.6) is 0 Å². The minimum absolute atomic E-state index is 0.0349. The van der Waals surface area contributed by atoms with Gasteiger partial charge in [0.05, 0.1) is 4.34 Å². The molecule has 0 aromatic carbocycles. The van der Waals surface area contributed by atoms with Gasteiger partial charge in [0.1, 0.15) is 4.21 Å². The number of hydrogen-bond donors (Lipinski definition) is 1. The van der Waals surface area contributed by atoms with Crippen molar-refractivity contribution in [3.05, 3.63) is 16.5 Å². The number of thiophene rings is 1. The number of carbonyl (C=O) groups is 1. The summed E-state index contributed by atoms with van der Waals surface area (Å²) in [4.78, 5) is 12.9. The predicted molar refractivity (Wildman–Crippen MR) is 70.3 cm³/mol. The summed E-state index contributed by atoms with van der Waals surface area (Å²) in [5.74, 6) is 0.0890. The second-order valence-corrected chi connectivity index (χ2v) is 7.96. The first-order valence-corrected chi connectivity index (χ1v) is 8.05. The topological polar surface area (TPSA) is 66.5 Å². The van der Waals surface area contributed by atoms with Gasteiger partial charge in [0, 0.05) is 26.6 Å². The Morgan fingerprint density at radius 3 is 2.78 bits per heavy atom. The fourth-order valence-corrected chi connectivity index (χ4v) is 4.48. The van der Waals surface area contributed by atoms with Gasteiger partial charge < -0.3 is 4.90 Å². The smallest absolute Gasteiger partial charge is 0.250 e. The van der Waals surface area contributed by atoms with E-state index in [0.717, 1.165) is 11.3 Å². The molecule has 1 unspecified atom stereocenters. The Bertz CT molecular complexity index is 555. The molecule has 1 aromatic heterocycles. The van der Waals surface area contributed by atoms with Crippen LogP contribution in [0.15, 0.2) is 16.3 Å². The predicted octanol–water partition coefficient (Wildman–Crippen LogP) is 1.16. The third kappa shape index (κ3) is 3.03. The highest BCUT2D eigenvalue weighted by molar-refractivity contribution is 7.91. The maximum Gasteiger partial charge on any atom is 0.250 e. The largest absolute Gasteiger partial charge is 0.345 e. The Kier molecular flexibility index (Phi) is 3.96. The van der Waals surface area contributed by atoms with E-state index in [0.29, 0.717) is 17.3 Å². The Labute approximate surface area is 115 Å². The number of nitrogens with zero attached hydrogens (tertiary/aromatic N) is 1. The Hall–Kier alpha value is -0.630. The summed E-state index contributed by atoms with van der Waals surface area (Å²) in [5.41, 5.74) is 0. The van der Waals surface area contributed by atoms with Crippen molar-refractivity contribution in [1.82, 2.24) is 9.62 Å². The number of halogens is 1. The van der Waals surface area contributed by atoms with Gasteiger partial charge in [-0.25, -0.2) is 13.1 Å². The normalized spacial score (nSPS) is 20.7. The second kappa shape index (κ2) is 5.16. The van der Waals surface area contributed by atoms with Gasteiger partial charge in [0.2, 0.25) is 15.9 Å². The van der Waals surface area contributed by atoms with E-state index in [-0.39, 0.29) is 22.6 Å². The van der Waals surface area contributed by atoms with E-state index in [2.05, 4.69) is 4.72 Å². The van der Waals surface area contributed by atoms with E-state index in [9.17, 15) is 13.2 Å². The number of likely N-dealkylation sites (tertiary alicyclic amines) is 1. The molecule has 1 fully saturated rings. The molecule has 1 amide bonds. The molecule has 0 bridgehead atoms. The first-order chi connectivity index (χ1) is 8.38. The zero-order valence-corrected chi connectivity index (χ0v) is 12.1. The van der Waals surface area contributed by atoms with E-state index in [1.165, 1.54) is 6.07 Å². The molecular weight excluding hydrogens is 296 g/mol. The lowest BCUT2D eigenvalue weighted by atomic mass is 10.1. The minimum atomic E-state index is -3.51. The summed E-state index contributed by atoms with van der Waals surface area (Å²) in [5, 5.41) is 0. The summed E-state index contributed by atoms with van der Waals surface area (Å²) in [6, 6.07) is 3.02. The van der Waals surface area contributed by atoms with Crippen LogP contribution < -0.4 is 4.72 Å². The number of amides is 1. The van der Waals surface area contributed by atoms with Crippen LogP contribution in [-0.2, 0) is 14.8 Å². The van der Waals surface area contributed by atoms with Crippen molar-refractivity contribution in [2.24, 2.45) is 5.92 Å². The van der Waals surface area contributed by atoms with Crippen LogP contribution in [0, 0.1) is 5.92 Å². The molecule has 18 heavy (non-hydrogen) atoms. The van der Waals surface area contributed by atoms with Gasteiger partial charge in [0.25, 0.3) is 0 Å². The van der Waals surface area contributed by atoms with Crippen LogP contribution in [0.3, 0.4) is 0 Å². The lowest BCUT2D eigenvalue weighted by Gasteiger charge is -2.10. The van der Waals surface area contributed by atoms with Gasteiger partial charge in [-0.1, -0.05) is 11.6 Å². The van der Waals surface area contributed by atoms with E-state index in [4.69, 9.17) is 11.6 Å². The third-order valence-electron chi connectivity index (χ3n) is 2.80. The van der Waals surface area contributed by atoms with E-state index in [1.807, 2.05) is 0 Å². The molecule has 1 aromatic rings. The van der Waals surface area contributed by atoms with Gasteiger partial charge >= 0.3 is 0 Å². The van der Waals surface area contributed by atoms with Crippen LogP contribution in [0.4, 0.5) is 0 Å². The Morgan fingerprint density at radius 2 is 2.28 bits per heavy atom. The highest BCUT2D eigenvalue weighted by Crippen LogP contribution is 2.25. The molecule has 2 rings (SSSR count). The lowest BCUT2D eigenvalue weighted by Crippen LogP contribution is -2.30. The molecule has 100 valence electrons. The quantitative estimate of drug-likeness (QED) is 0.907. The summed E-state index contributed by atoms with van der Waals surface area (Å²) < 4.78 is 27.0. The molecule has 5 nitrogen and oxygen atoms in total. The highest BCUT2D eigenvalue weighted by Gasteiger charge is 2.28. The molecule has 0 spiro atoms. The summed E-state index contributed by atoms with van der Waals surface area (Å²) in [7, 11) is -1.79. The molecule has 1 aliphatic rings. The molecule has 8 heteroatoms. The van der Waals surface area contributed by atoms with E-state index < -0.39 is 10.0 Å². The number of rotatable bonds is 4. The molecule has 0 aliphatic carbocycles. The van der Waals surface area contributed by atoms with Gasteiger partial charge in [-0.2, -0.15) is 0 Å². The maximum absolute atomic E-state index is 11.9. The summed E-state index contributed by atoms with van der Waals surface area (Å²) in [6.45, 7) is 0.862. The van der Waals surface area contributed by atoms with Crippen molar-refractivity contribution in [2.75, 3.05) is 20.1 Å². The van der Waals surface area contributed by atoms with Crippen molar-refractivity contribution in [3.8, 4) is 0 Å². The summed E-state index contributed by atoms with van der Waals surface area (Å²) in [6.07, 6.45) is 0.393. The van der Waals surface area contributed by atoms with Crippen molar-refractivity contribution in [2.45, 2.75) is 10.6 Å². The zero-order chi connectivity index (χ0) is 13.3. The SMILES string of the molecule is CN1CC(CNS(=O)(=O)c2ccc(Cl)s2)CC1=O. The maximum atomic E-state index is 11.9. The standard InChI is InChI=1S/C10H13ClN2O3S2/c1-13-6-7(4-9(13)14)5-12-18(15,16)10-3-2-8(11)17-10/h2-3,7,12H,4-6H2,1H3. The molecule has 1 saturated heterocycles. The number of sulfonamides is 1. The highest BCUT2D eigenvalue weighted by atomic mass is 35.5. The first kappa shape index (κ1) is 13.8.